The van der Waals surface area contributed by atoms with E-state index in [1.807, 2.05) is 98.8 Å². The van der Waals surface area contributed by atoms with Gasteiger partial charge in [0.1, 0.15) is 23.0 Å². The van der Waals surface area contributed by atoms with Crippen LogP contribution in [0, 0.1) is 6.92 Å². The maximum absolute atomic E-state index is 11.7. The number of hydrogen-bond donors (Lipinski definition) is 1. The number of methoxy groups -OCH3 is 1. The van der Waals surface area contributed by atoms with Crippen molar-refractivity contribution in [1.82, 2.24) is 4.98 Å². The Labute approximate surface area is 304 Å². The molecule has 5 aromatic rings. The van der Waals surface area contributed by atoms with Crippen molar-refractivity contribution in [3.8, 4) is 23.0 Å². The number of aryl methyl sites for hydroxylation is 1. The van der Waals surface area contributed by atoms with Crippen LogP contribution in [0.15, 0.2) is 114 Å². The number of nitrogens with one attached hydrogen (secondary N) is 1. The first-order chi connectivity index (χ1) is 24.7. The zero-order valence-corrected chi connectivity index (χ0v) is 28.4. The molecule has 0 bridgehead atoms. The predicted octanol–water partition coefficient (Wildman–Crippen LogP) is 8.09. The number of fused-ring (bicyclic) bond motifs is 4. The zero-order chi connectivity index (χ0) is 37.0. The van der Waals surface area contributed by atoms with Crippen LogP contribution in [-0.4, -0.2) is 43.6 Å². The van der Waals surface area contributed by atoms with Gasteiger partial charge in [0.15, 0.2) is 5.43 Å². The number of H-pyrrole nitrogens is 1. The first-order valence-electron chi connectivity index (χ1n) is 15.8. The quantitative estimate of drug-likeness (QED) is 0.140. The van der Waals surface area contributed by atoms with Crippen LogP contribution in [0.2, 0.25) is 0 Å². The summed E-state index contributed by atoms with van der Waals surface area (Å²) in [5, 5.41) is 0.754. The lowest BCUT2D eigenvalue weighted by molar-refractivity contribution is -0.193. The molecule has 2 aliphatic heterocycles. The third kappa shape index (κ3) is 12.1. The van der Waals surface area contributed by atoms with E-state index in [0.717, 1.165) is 76.6 Å². The van der Waals surface area contributed by atoms with Crippen molar-refractivity contribution >= 4 is 29.2 Å². The minimum absolute atomic E-state index is 0. The highest BCUT2D eigenvalue weighted by Gasteiger charge is 2.17. The molecule has 2 aliphatic rings. The Morgan fingerprint density at radius 1 is 0.804 bits per heavy atom. The maximum atomic E-state index is 11.7. The van der Waals surface area contributed by atoms with Crippen molar-refractivity contribution in [3.05, 3.63) is 141 Å². The fraction of sp³-hybridized carbons (Fsp3) is 0.200. The summed E-state index contributed by atoms with van der Waals surface area (Å²) in [7, 11) is 1.39. The van der Waals surface area contributed by atoms with Gasteiger partial charge in [-0.1, -0.05) is 54.1 Å². The van der Waals surface area contributed by atoms with Gasteiger partial charge in [-0.05, 0) is 68.3 Å². The molecule has 11 heteroatoms. The van der Waals surface area contributed by atoms with Crippen LogP contribution in [0.4, 0.5) is 0 Å². The summed E-state index contributed by atoms with van der Waals surface area (Å²) in [4.78, 5) is 58.6. The molecule has 11 nitrogen and oxygen atoms in total. The third-order valence-electron chi connectivity index (χ3n) is 7.41. The molecule has 0 aliphatic carbocycles. The molecule has 0 amide bonds. The summed E-state index contributed by atoms with van der Waals surface area (Å²) in [6.45, 7) is 5.30. The van der Waals surface area contributed by atoms with Gasteiger partial charge in [-0.15, -0.1) is 0 Å². The predicted molar refractivity (Wildman–Crippen MR) is 201 cm³/mol. The molecule has 0 radical (unpaired) electrons. The van der Waals surface area contributed by atoms with Gasteiger partial charge >= 0.3 is 18.3 Å². The molecule has 1 aromatic heterocycles. The number of carbonyl (C=O) groups is 1. The minimum atomic E-state index is -0.300. The first-order valence-corrected chi connectivity index (χ1v) is 15.8. The van der Waals surface area contributed by atoms with Crippen LogP contribution in [0.3, 0.4) is 0 Å². The molecule has 0 spiro atoms. The monoisotopic (exact) mass is 705 g/mol. The van der Waals surface area contributed by atoms with E-state index >= 15 is 0 Å². The van der Waals surface area contributed by atoms with Crippen LogP contribution in [0.1, 0.15) is 39.3 Å². The lowest BCUT2D eigenvalue weighted by Crippen LogP contribution is -2.04. The van der Waals surface area contributed by atoms with Crippen molar-refractivity contribution in [1.29, 1.82) is 0 Å². The second kappa shape index (κ2) is 20.7. The summed E-state index contributed by atoms with van der Waals surface area (Å²) in [6, 6.07) is 30.9. The maximum Gasteiger partial charge on any atom is 0.373 e. The Balaban J connectivity index is -0.000000215. The van der Waals surface area contributed by atoms with Gasteiger partial charge in [0.25, 0.3) is 0 Å². The van der Waals surface area contributed by atoms with E-state index in [1.165, 1.54) is 24.3 Å². The molecule has 276 valence electrons. The lowest BCUT2D eigenvalue weighted by atomic mass is 9.99. The number of hydrogen-bond acceptors (Lipinski definition) is 10. The molecule has 7 rings (SSSR count). The van der Waals surface area contributed by atoms with Crippen molar-refractivity contribution < 1.29 is 52.9 Å². The second-order valence-corrected chi connectivity index (χ2v) is 11.0. The summed E-state index contributed by atoms with van der Waals surface area (Å²) in [5.41, 5.74) is 6.55. The zero-order valence-electron chi connectivity index (χ0n) is 28.4. The first kappa shape index (κ1) is 38.9. The van der Waals surface area contributed by atoms with E-state index in [1.54, 1.807) is 6.07 Å². The Bertz CT molecular complexity index is 2020. The van der Waals surface area contributed by atoms with Crippen LogP contribution in [0.25, 0.3) is 10.9 Å². The normalized spacial score (nSPS) is 11.5. The third-order valence-corrected chi connectivity index (χ3v) is 7.41. The standard InChI is InChI=1S/C14H16O3.C12H11NO2.C12H10O.2CO2.7H2/c1-10(9-14(15)16-2)8-11-4-3-5-13-12(11)6-7-17-13;1-7-6-10(14)8-2-3-11-9(4-5-15-11)12(8)13-7;1-3-7-11(8-4-1)13-12-9-5-2-6-10-12;2*2-1-3;;;;;;;/h3-5,9H,6-8H2,1-2H3;2-3,6H,4-5H2,1H3,(H,13,14);1-10H;;;7*1H/b10-9-;;;;;;;;;;;. The minimum Gasteiger partial charge on any atom is -0.493 e. The highest BCUT2D eigenvalue weighted by molar-refractivity contribution is 5.84. The topological polar surface area (TPSA) is 155 Å². The van der Waals surface area contributed by atoms with Crippen LogP contribution >= 0.6 is 0 Å². The SMILES string of the molecule is COC(=O)/C=C(/C)Cc1cccc2c1CCO2.Cc1cc(=O)c2ccc3c(c2[nH]1)CCO3.O=C=O.O=C=O.[HH].[HH].[HH].[HH].[HH].[HH].[HH].c1ccc(Oc2ccccc2)cc1. The lowest BCUT2D eigenvalue weighted by Gasteiger charge is -2.07. The molecule has 0 fully saturated rings. The molecular weight excluding hydrogens is 654 g/mol. The average Bonchev–Trinajstić information content (AvgIpc) is 3.82. The van der Waals surface area contributed by atoms with E-state index in [-0.39, 0.29) is 33.7 Å². The van der Waals surface area contributed by atoms with Gasteiger partial charge in [-0.25, -0.2) is 4.79 Å². The largest absolute Gasteiger partial charge is 0.493 e. The Morgan fingerprint density at radius 3 is 1.92 bits per heavy atom. The number of benzene rings is 4. The van der Waals surface area contributed by atoms with E-state index in [0.29, 0.717) is 6.61 Å². The van der Waals surface area contributed by atoms with Gasteiger partial charge in [-0.3, -0.25) is 4.79 Å². The van der Waals surface area contributed by atoms with E-state index < -0.39 is 0 Å². The van der Waals surface area contributed by atoms with E-state index in [4.69, 9.17) is 33.4 Å². The number of rotatable bonds is 5. The smallest absolute Gasteiger partial charge is 0.373 e. The van der Waals surface area contributed by atoms with Gasteiger partial charge in [0.2, 0.25) is 0 Å². The van der Waals surface area contributed by atoms with Gasteiger partial charge in [-0.2, -0.15) is 19.2 Å². The summed E-state index contributed by atoms with van der Waals surface area (Å²) in [5.74, 6) is 3.32. The molecule has 3 heterocycles. The average molecular weight is 706 g/mol. The van der Waals surface area contributed by atoms with Crippen LogP contribution in [0.5, 0.6) is 23.0 Å². The van der Waals surface area contributed by atoms with Gasteiger partial charge in [0.05, 0.1) is 25.8 Å². The number of para-hydroxylation sites is 2. The number of carbonyl (C=O) groups excluding carboxylic acids is 5. The molecule has 1 N–H and O–H groups in total. The van der Waals surface area contributed by atoms with Crippen LogP contribution in [-0.2, 0) is 48.0 Å². The van der Waals surface area contributed by atoms with Crippen LogP contribution < -0.4 is 19.6 Å². The molecule has 0 saturated heterocycles. The highest BCUT2D eigenvalue weighted by Crippen LogP contribution is 2.31. The number of esters is 1. The number of ether oxygens (including phenoxy) is 4. The number of aromatic amines is 1. The van der Waals surface area contributed by atoms with Crippen molar-refractivity contribution in [2.45, 2.75) is 33.1 Å². The molecule has 0 atom stereocenters. The second-order valence-electron chi connectivity index (χ2n) is 11.0. The molecular formula is C40H51NO10. The number of aromatic nitrogens is 1. The number of pyridine rings is 1. The molecule has 0 saturated carbocycles. The van der Waals surface area contributed by atoms with E-state index in [2.05, 4.69) is 15.8 Å². The fourth-order valence-electron chi connectivity index (χ4n) is 5.31. The Kier molecular flexibility index (Phi) is 15.8. The molecule has 4 aromatic carbocycles. The van der Waals surface area contributed by atoms with Crippen molar-refractivity contribution in [2.24, 2.45) is 0 Å². The summed E-state index contributed by atoms with van der Waals surface area (Å²) in [6.07, 6.45) is 4.64. The number of allylic oxidation sites excluding steroid dienone is 1. The molecule has 51 heavy (non-hydrogen) atoms. The Morgan fingerprint density at radius 2 is 1.35 bits per heavy atom. The fourth-order valence-corrected chi connectivity index (χ4v) is 5.31. The van der Waals surface area contributed by atoms with Gasteiger partial charge < -0.3 is 23.9 Å². The van der Waals surface area contributed by atoms with Gasteiger partial charge in [0, 0.05) is 57.2 Å². The summed E-state index contributed by atoms with van der Waals surface area (Å²) >= 11 is 0. The summed E-state index contributed by atoms with van der Waals surface area (Å²) < 4.78 is 21.2. The Hall–Kier alpha value is -6.54. The van der Waals surface area contributed by atoms with E-state index in [9.17, 15) is 9.59 Å². The van der Waals surface area contributed by atoms with Crippen molar-refractivity contribution in [3.63, 3.8) is 0 Å². The highest BCUT2D eigenvalue weighted by atomic mass is 16.5. The van der Waals surface area contributed by atoms with Crippen molar-refractivity contribution in [2.75, 3.05) is 20.3 Å². The molecule has 0 unspecified atom stereocenters.